The van der Waals surface area contributed by atoms with Gasteiger partial charge in [-0.1, -0.05) is 23.7 Å². The van der Waals surface area contributed by atoms with Crippen molar-refractivity contribution in [3.8, 4) is 11.6 Å². The summed E-state index contributed by atoms with van der Waals surface area (Å²) in [4.78, 5) is 14.4. The Balaban J connectivity index is 2.51. The van der Waals surface area contributed by atoms with Crippen LogP contribution in [0.5, 0.6) is 11.6 Å². The summed E-state index contributed by atoms with van der Waals surface area (Å²) in [6, 6.07) is 6.02. The molecule has 0 spiro atoms. The maximum Gasteiger partial charge on any atom is 0.311 e. The summed E-state index contributed by atoms with van der Waals surface area (Å²) < 4.78 is 5.49. The molecule has 1 aromatic heterocycles. The van der Waals surface area contributed by atoms with E-state index >= 15 is 0 Å². The van der Waals surface area contributed by atoms with Crippen LogP contribution < -0.4 is 10.5 Å². The number of nitrogens with zero attached hydrogens (tertiary/aromatic N) is 2. The van der Waals surface area contributed by atoms with Gasteiger partial charge in [0, 0.05) is 17.8 Å². The molecule has 3 N–H and O–H groups in total. The molecule has 0 atom stereocenters. The van der Waals surface area contributed by atoms with Crippen LogP contribution >= 0.6 is 11.6 Å². The first-order valence-electron chi connectivity index (χ1n) is 5.82. The van der Waals surface area contributed by atoms with Gasteiger partial charge in [-0.3, -0.25) is 15.5 Å². The first-order chi connectivity index (χ1) is 9.91. The Morgan fingerprint density at radius 1 is 1.48 bits per heavy atom. The summed E-state index contributed by atoms with van der Waals surface area (Å²) >= 11 is 6.06. The van der Waals surface area contributed by atoms with Crippen LogP contribution in [-0.4, -0.2) is 15.7 Å². The fourth-order valence-electron chi connectivity index (χ4n) is 1.71. The molecule has 0 fully saturated rings. The molecule has 0 bridgehead atoms. The number of pyridine rings is 1. The second kappa shape index (κ2) is 5.76. The number of nitrogens with one attached hydrogen (secondary N) is 1. The highest BCUT2D eigenvalue weighted by atomic mass is 35.5. The van der Waals surface area contributed by atoms with Crippen molar-refractivity contribution in [1.29, 1.82) is 5.41 Å². The topological polar surface area (TPSA) is 115 Å². The molecule has 21 heavy (non-hydrogen) atoms. The van der Waals surface area contributed by atoms with E-state index in [1.165, 1.54) is 18.3 Å². The lowest BCUT2D eigenvalue weighted by Gasteiger charge is -2.11. The number of amidine groups is 1. The lowest BCUT2D eigenvalue weighted by Crippen LogP contribution is -2.12. The van der Waals surface area contributed by atoms with Crippen LogP contribution in [0.15, 0.2) is 30.5 Å². The lowest BCUT2D eigenvalue weighted by atomic mass is 10.2. The number of nitro benzene ring substituents is 1. The third kappa shape index (κ3) is 2.92. The summed E-state index contributed by atoms with van der Waals surface area (Å²) in [5.41, 5.74) is 6.01. The number of benzene rings is 1. The van der Waals surface area contributed by atoms with E-state index < -0.39 is 4.92 Å². The summed E-state index contributed by atoms with van der Waals surface area (Å²) in [5.74, 6) is -0.231. The van der Waals surface area contributed by atoms with Gasteiger partial charge in [0.25, 0.3) is 0 Å². The maximum atomic E-state index is 11.0. The Morgan fingerprint density at radius 3 is 2.81 bits per heavy atom. The first kappa shape index (κ1) is 14.7. The Hall–Kier alpha value is -2.67. The second-order valence-electron chi connectivity index (χ2n) is 4.17. The van der Waals surface area contributed by atoms with Crippen LogP contribution in [0.4, 0.5) is 5.69 Å². The molecule has 0 aliphatic heterocycles. The molecular formula is C13H11ClN4O3. The molecule has 0 aliphatic rings. The van der Waals surface area contributed by atoms with E-state index in [1.807, 2.05) is 0 Å². The van der Waals surface area contributed by atoms with Gasteiger partial charge in [-0.05, 0) is 18.6 Å². The molecule has 1 aromatic carbocycles. The zero-order valence-electron chi connectivity index (χ0n) is 11.0. The second-order valence-corrected chi connectivity index (χ2v) is 4.55. The highest BCUT2D eigenvalue weighted by Crippen LogP contribution is 2.36. The Kier molecular flexibility index (Phi) is 4.04. The first-order valence-corrected chi connectivity index (χ1v) is 6.20. The largest absolute Gasteiger partial charge is 0.430 e. The van der Waals surface area contributed by atoms with E-state index in [-0.39, 0.29) is 33.7 Å². The van der Waals surface area contributed by atoms with E-state index in [0.29, 0.717) is 5.56 Å². The van der Waals surface area contributed by atoms with Crippen molar-refractivity contribution in [2.75, 3.05) is 0 Å². The van der Waals surface area contributed by atoms with Crippen molar-refractivity contribution >= 4 is 23.1 Å². The minimum Gasteiger partial charge on any atom is -0.430 e. The zero-order chi connectivity index (χ0) is 15.6. The normalized spacial score (nSPS) is 10.2. The number of hydrogen-bond donors (Lipinski definition) is 2. The Morgan fingerprint density at radius 2 is 2.19 bits per heavy atom. The lowest BCUT2D eigenvalue weighted by molar-refractivity contribution is -0.385. The molecule has 0 aliphatic carbocycles. The van der Waals surface area contributed by atoms with Gasteiger partial charge in [0.15, 0.2) is 0 Å². The van der Waals surface area contributed by atoms with Crippen LogP contribution in [0.1, 0.15) is 11.1 Å². The minimum absolute atomic E-state index is 0.0301. The van der Waals surface area contributed by atoms with E-state index in [0.717, 1.165) is 0 Å². The highest BCUT2D eigenvalue weighted by molar-refractivity contribution is 6.35. The smallest absolute Gasteiger partial charge is 0.311 e. The van der Waals surface area contributed by atoms with Crippen LogP contribution in [0, 0.1) is 22.4 Å². The number of nitrogen functional groups attached to an aromatic ring is 1. The number of rotatable bonds is 4. The summed E-state index contributed by atoms with van der Waals surface area (Å²) in [5, 5.41) is 18.5. The average Bonchev–Trinajstić information content (AvgIpc) is 2.42. The van der Waals surface area contributed by atoms with Crippen molar-refractivity contribution in [3.05, 3.63) is 56.7 Å². The van der Waals surface area contributed by atoms with Gasteiger partial charge in [-0.25, -0.2) is 4.98 Å². The fraction of sp³-hybridized carbons (Fsp3) is 0.0769. The van der Waals surface area contributed by atoms with Crippen molar-refractivity contribution in [2.45, 2.75) is 6.92 Å². The van der Waals surface area contributed by atoms with Crippen molar-refractivity contribution in [3.63, 3.8) is 0 Å². The number of para-hydroxylation sites is 1. The Labute approximate surface area is 125 Å². The maximum absolute atomic E-state index is 11.0. The number of hydrogen-bond acceptors (Lipinski definition) is 5. The van der Waals surface area contributed by atoms with Crippen LogP contribution in [0.3, 0.4) is 0 Å². The van der Waals surface area contributed by atoms with E-state index in [1.54, 1.807) is 19.1 Å². The quantitative estimate of drug-likeness (QED) is 0.390. The molecular weight excluding hydrogens is 296 g/mol. The van der Waals surface area contributed by atoms with E-state index in [9.17, 15) is 10.1 Å². The number of ether oxygens (including phenoxy) is 1. The highest BCUT2D eigenvalue weighted by Gasteiger charge is 2.20. The molecule has 0 radical (unpaired) electrons. The van der Waals surface area contributed by atoms with E-state index in [2.05, 4.69) is 4.98 Å². The molecule has 8 heteroatoms. The summed E-state index contributed by atoms with van der Waals surface area (Å²) in [7, 11) is 0. The molecule has 108 valence electrons. The predicted molar refractivity (Wildman–Crippen MR) is 78.2 cm³/mol. The molecule has 0 saturated carbocycles. The van der Waals surface area contributed by atoms with Crippen LogP contribution in [0.2, 0.25) is 5.02 Å². The number of aromatic nitrogens is 1. The molecule has 2 aromatic rings. The van der Waals surface area contributed by atoms with Gasteiger partial charge >= 0.3 is 5.69 Å². The van der Waals surface area contributed by atoms with Crippen LogP contribution in [0.25, 0.3) is 0 Å². The number of nitro groups is 1. The van der Waals surface area contributed by atoms with Gasteiger partial charge in [0.05, 0.1) is 4.92 Å². The van der Waals surface area contributed by atoms with Gasteiger partial charge < -0.3 is 10.5 Å². The predicted octanol–water partition coefficient (Wildman–Crippen LogP) is 3.03. The molecule has 1 heterocycles. The number of nitrogens with two attached hydrogens (primary N) is 1. The van der Waals surface area contributed by atoms with Gasteiger partial charge in [-0.2, -0.15) is 0 Å². The van der Waals surface area contributed by atoms with Crippen molar-refractivity contribution < 1.29 is 9.66 Å². The van der Waals surface area contributed by atoms with Gasteiger partial charge in [0.1, 0.15) is 10.9 Å². The molecule has 0 saturated heterocycles. The molecule has 0 amide bonds. The Bertz CT molecular complexity index is 733. The average molecular weight is 307 g/mol. The third-order valence-electron chi connectivity index (χ3n) is 2.73. The monoisotopic (exact) mass is 306 g/mol. The van der Waals surface area contributed by atoms with Gasteiger partial charge in [-0.15, -0.1) is 0 Å². The third-order valence-corrected chi connectivity index (χ3v) is 3.10. The number of halogens is 1. The molecule has 0 unspecified atom stereocenters. The molecule has 2 rings (SSSR count). The minimum atomic E-state index is -0.551. The van der Waals surface area contributed by atoms with Crippen molar-refractivity contribution in [1.82, 2.24) is 4.98 Å². The number of aryl methyl sites for hydroxylation is 1. The van der Waals surface area contributed by atoms with Crippen LogP contribution in [-0.2, 0) is 0 Å². The SMILES string of the molecule is Cc1cccc([N+](=O)[O-])c1Oc1nccc(C(=N)N)c1Cl. The fourth-order valence-corrected chi connectivity index (χ4v) is 1.97. The van der Waals surface area contributed by atoms with Gasteiger partial charge in [0.2, 0.25) is 11.6 Å². The summed E-state index contributed by atoms with van der Waals surface area (Å²) in [6.45, 7) is 1.67. The molecule has 7 nitrogen and oxygen atoms in total. The van der Waals surface area contributed by atoms with Crippen molar-refractivity contribution in [2.24, 2.45) is 5.73 Å². The summed E-state index contributed by atoms with van der Waals surface area (Å²) in [6.07, 6.45) is 1.36. The van der Waals surface area contributed by atoms with E-state index in [4.69, 9.17) is 27.5 Å². The zero-order valence-corrected chi connectivity index (χ0v) is 11.7. The standard InChI is InChI=1S/C13H11ClN4O3/c1-7-3-2-4-9(18(19)20)11(7)21-13-10(14)8(12(15)16)5-6-17-13/h2-6H,1H3,(H3,15,16).